The normalized spacial score (nSPS) is 14.8. The van der Waals surface area contributed by atoms with Gasteiger partial charge in [-0.1, -0.05) is 30.7 Å². The molecule has 7 nitrogen and oxygen atoms in total. The van der Waals surface area contributed by atoms with Crippen molar-refractivity contribution in [2.45, 2.75) is 32.4 Å². The van der Waals surface area contributed by atoms with Crippen molar-refractivity contribution in [2.75, 3.05) is 13.1 Å². The number of aromatic nitrogens is 1. The van der Waals surface area contributed by atoms with Crippen molar-refractivity contribution < 1.29 is 9.72 Å². The highest BCUT2D eigenvalue weighted by atomic mass is 16.6. The summed E-state index contributed by atoms with van der Waals surface area (Å²) < 4.78 is 0. The molecule has 1 aliphatic rings. The van der Waals surface area contributed by atoms with Crippen LogP contribution in [0.5, 0.6) is 0 Å². The van der Waals surface area contributed by atoms with Crippen LogP contribution in [-0.4, -0.2) is 33.8 Å². The first-order valence-electron chi connectivity index (χ1n) is 9.94. The Morgan fingerprint density at radius 1 is 1.07 bits per heavy atom. The number of carbonyl (C=O) groups excluding carboxylic acids is 1. The van der Waals surface area contributed by atoms with Gasteiger partial charge >= 0.3 is 0 Å². The summed E-state index contributed by atoms with van der Waals surface area (Å²) in [7, 11) is 0. The second-order valence-electron chi connectivity index (χ2n) is 7.53. The molecule has 4 rings (SSSR count). The standard InChI is InChI=1S/C22H24N4O3/c27-22(20-14-23-21-9-8-18(26(28)29)12-19(20)21)24-13-16-4-6-17(7-5-16)15-25-10-2-1-3-11-25/h4-9,12,14,23H,1-3,10-11,13,15H2,(H,24,27). The molecule has 0 spiro atoms. The third-order valence-corrected chi connectivity index (χ3v) is 5.45. The Hall–Kier alpha value is -3.19. The molecule has 2 heterocycles. The van der Waals surface area contributed by atoms with E-state index in [1.54, 1.807) is 12.3 Å². The first-order valence-corrected chi connectivity index (χ1v) is 9.94. The quantitative estimate of drug-likeness (QED) is 0.490. The molecule has 1 aliphatic heterocycles. The molecule has 0 radical (unpaired) electrons. The van der Waals surface area contributed by atoms with Crippen molar-refractivity contribution >= 4 is 22.5 Å². The predicted molar refractivity (Wildman–Crippen MR) is 112 cm³/mol. The predicted octanol–water partition coefficient (Wildman–Crippen LogP) is 3.99. The van der Waals surface area contributed by atoms with Crippen LogP contribution in [0.4, 0.5) is 5.69 Å². The first-order chi connectivity index (χ1) is 14.1. The number of nitro groups is 1. The van der Waals surface area contributed by atoms with E-state index < -0.39 is 4.92 Å². The van der Waals surface area contributed by atoms with Gasteiger partial charge in [-0.05, 0) is 43.1 Å². The minimum atomic E-state index is -0.459. The van der Waals surface area contributed by atoms with Crippen molar-refractivity contribution in [3.05, 3.63) is 75.5 Å². The Bertz CT molecular complexity index is 1020. The fourth-order valence-electron chi connectivity index (χ4n) is 3.83. The molecule has 150 valence electrons. The van der Waals surface area contributed by atoms with Crippen molar-refractivity contribution in [1.82, 2.24) is 15.2 Å². The van der Waals surface area contributed by atoms with Gasteiger partial charge in [0.15, 0.2) is 0 Å². The smallest absolute Gasteiger partial charge is 0.270 e. The number of H-pyrrole nitrogens is 1. The highest BCUT2D eigenvalue weighted by molar-refractivity contribution is 6.07. The number of nitro benzene ring substituents is 1. The monoisotopic (exact) mass is 392 g/mol. The molecule has 3 aromatic rings. The lowest BCUT2D eigenvalue weighted by molar-refractivity contribution is -0.384. The van der Waals surface area contributed by atoms with Crippen LogP contribution in [0.25, 0.3) is 10.9 Å². The van der Waals surface area contributed by atoms with E-state index >= 15 is 0 Å². The lowest BCUT2D eigenvalue weighted by Crippen LogP contribution is -2.29. The van der Waals surface area contributed by atoms with Gasteiger partial charge in [-0.25, -0.2) is 0 Å². The molecule has 0 bridgehead atoms. The molecule has 29 heavy (non-hydrogen) atoms. The number of nitrogens with zero attached hydrogens (tertiary/aromatic N) is 2. The lowest BCUT2D eigenvalue weighted by Gasteiger charge is -2.26. The Morgan fingerprint density at radius 2 is 1.79 bits per heavy atom. The van der Waals surface area contributed by atoms with Gasteiger partial charge in [-0.15, -0.1) is 0 Å². The SMILES string of the molecule is O=C(NCc1ccc(CN2CCCCC2)cc1)c1c[nH]c2ccc([N+](=O)[O-])cc12. The van der Waals surface area contributed by atoms with Gasteiger partial charge in [0.25, 0.3) is 11.6 Å². The molecule has 0 aliphatic carbocycles. The summed E-state index contributed by atoms with van der Waals surface area (Å²) in [6.07, 6.45) is 5.48. The van der Waals surface area contributed by atoms with E-state index in [0.717, 1.165) is 12.1 Å². The maximum absolute atomic E-state index is 12.6. The zero-order chi connectivity index (χ0) is 20.2. The van der Waals surface area contributed by atoms with E-state index in [1.807, 2.05) is 12.1 Å². The summed E-state index contributed by atoms with van der Waals surface area (Å²) in [5, 5.41) is 14.5. The van der Waals surface area contributed by atoms with E-state index in [0.29, 0.717) is 23.0 Å². The van der Waals surface area contributed by atoms with Crippen LogP contribution < -0.4 is 5.32 Å². The lowest BCUT2D eigenvalue weighted by atomic mass is 10.1. The summed E-state index contributed by atoms with van der Waals surface area (Å²) in [4.78, 5) is 28.6. The molecular weight excluding hydrogens is 368 g/mol. The number of amides is 1. The molecule has 0 saturated carbocycles. The average Bonchev–Trinajstić information content (AvgIpc) is 3.17. The number of benzene rings is 2. The van der Waals surface area contributed by atoms with Crippen molar-refractivity contribution in [3.8, 4) is 0 Å². The van der Waals surface area contributed by atoms with Crippen molar-refractivity contribution in [1.29, 1.82) is 0 Å². The molecule has 0 unspecified atom stereocenters. The minimum absolute atomic E-state index is 0.0320. The molecule has 1 fully saturated rings. The molecule has 2 N–H and O–H groups in total. The number of aromatic amines is 1. The van der Waals surface area contributed by atoms with Crippen LogP contribution in [0.3, 0.4) is 0 Å². The summed E-state index contributed by atoms with van der Waals surface area (Å²) in [5.41, 5.74) is 3.38. The molecule has 1 amide bonds. The maximum atomic E-state index is 12.6. The van der Waals surface area contributed by atoms with Crippen molar-refractivity contribution in [3.63, 3.8) is 0 Å². The largest absolute Gasteiger partial charge is 0.360 e. The Morgan fingerprint density at radius 3 is 2.52 bits per heavy atom. The summed E-state index contributed by atoms with van der Waals surface area (Å²) in [5.74, 6) is -0.255. The van der Waals surface area contributed by atoms with Gasteiger partial charge in [0.05, 0.1) is 10.5 Å². The highest BCUT2D eigenvalue weighted by Gasteiger charge is 2.15. The maximum Gasteiger partial charge on any atom is 0.270 e. The number of nitrogens with one attached hydrogen (secondary N) is 2. The molecular formula is C22H24N4O3. The minimum Gasteiger partial charge on any atom is -0.360 e. The second-order valence-corrected chi connectivity index (χ2v) is 7.53. The molecule has 1 aromatic heterocycles. The number of hydrogen-bond donors (Lipinski definition) is 2. The zero-order valence-corrected chi connectivity index (χ0v) is 16.2. The topological polar surface area (TPSA) is 91.3 Å². The van der Waals surface area contributed by atoms with Crippen LogP contribution >= 0.6 is 0 Å². The third kappa shape index (κ3) is 4.46. The fourth-order valence-corrected chi connectivity index (χ4v) is 3.83. The molecule has 0 atom stereocenters. The van der Waals surface area contributed by atoms with E-state index in [9.17, 15) is 14.9 Å². The van der Waals surface area contributed by atoms with Gasteiger partial charge in [-0.3, -0.25) is 19.8 Å². The van der Waals surface area contributed by atoms with Gasteiger partial charge in [-0.2, -0.15) is 0 Å². The second kappa shape index (κ2) is 8.45. The van der Waals surface area contributed by atoms with Gasteiger partial charge in [0.1, 0.15) is 0 Å². The number of hydrogen-bond acceptors (Lipinski definition) is 4. The van der Waals surface area contributed by atoms with E-state index in [1.165, 1.54) is 50.0 Å². The third-order valence-electron chi connectivity index (χ3n) is 5.45. The number of carbonyl (C=O) groups is 1. The van der Waals surface area contributed by atoms with E-state index in [2.05, 4.69) is 27.3 Å². The van der Waals surface area contributed by atoms with Crippen LogP contribution in [0.1, 0.15) is 40.7 Å². The van der Waals surface area contributed by atoms with E-state index in [-0.39, 0.29) is 11.6 Å². The number of likely N-dealkylation sites (tertiary alicyclic amines) is 1. The molecule has 2 aromatic carbocycles. The van der Waals surface area contributed by atoms with Crippen LogP contribution in [0.2, 0.25) is 0 Å². The summed E-state index contributed by atoms with van der Waals surface area (Å²) in [6, 6.07) is 12.8. The van der Waals surface area contributed by atoms with Crippen LogP contribution in [0.15, 0.2) is 48.7 Å². The van der Waals surface area contributed by atoms with E-state index in [4.69, 9.17) is 0 Å². The highest BCUT2D eigenvalue weighted by Crippen LogP contribution is 2.23. The number of rotatable bonds is 6. The van der Waals surface area contributed by atoms with Crippen LogP contribution in [-0.2, 0) is 13.1 Å². The molecule has 7 heteroatoms. The molecule has 1 saturated heterocycles. The Labute approximate surface area is 168 Å². The average molecular weight is 392 g/mol. The number of non-ortho nitro benzene ring substituents is 1. The van der Waals surface area contributed by atoms with Crippen LogP contribution in [0, 0.1) is 10.1 Å². The van der Waals surface area contributed by atoms with Gasteiger partial charge in [0.2, 0.25) is 0 Å². The van der Waals surface area contributed by atoms with Gasteiger partial charge in [0, 0.05) is 42.3 Å². The summed E-state index contributed by atoms with van der Waals surface area (Å²) >= 11 is 0. The number of piperidine rings is 1. The summed E-state index contributed by atoms with van der Waals surface area (Å²) in [6.45, 7) is 3.71. The Kier molecular flexibility index (Phi) is 5.57. The number of fused-ring (bicyclic) bond motifs is 1. The zero-order valence-electron chi connectivity index (χ0n) is 16.2. The first kappa shape index (κ1) is 19.1. The van der Waals surface area contributed by atoms with Gasteiger partial charge < -0.3 is 10.3 Å². The Balaban J connectivity index is 1.38. The fraction of sp³-hybridized carbons (Fsp3) is 0.318. The van der Waals surface area contributed by atoms with Crippen molar-refractivity contribution in [2.24, 2.45) is 0 Å².